The van der Waals surface area contributed by atoms with E-state index in [1.165, 1.54) is 11.4 Å². The molecular weight excluding hydrogens is 252 g/mol. The Bertz CT molecular complexity index is 443. The number of hydrogen-bond acceptors (Lipinski definition) is 4. The predicted molar refractivity (Wildman–Crippen MR) is 81.9 cm³/mol. The molecular formula is C15H28N4O. The molecule has 1 aliphatic rings. The fourth-order valence-electron chi connectivity index (χ4n) is 3.20. The van der Waals surface area contributed by atoms with E-state index in [0.717, 1.165) is 38.2 Å². The van der Waals surface area contributed by atoms with Crippen molar-refractivity contribution in [1.82, 2.24) is 15.1 Å². The third-order valence-electron chi connectivity index (χ3n) is 4.38. The van der Waals surface area contributed by atoms with Crippen molar-refractivity contribution in [3.8, 4) is 0 Å². The molecule has 0 aliphatic carbocycles. The lowest BCUT2D eigenvalue weighted by Gasteiger charge is -2.28. The molecule has 2 N–H and O–H groups in total. The number of hydrogen-bond donors (Lipinski definition) is 2. The maximum Gasteiger partial charge on any atom is 0.131 e. The van der Waals surface area contributed by atoms with Crippen molar-refractivity contribution in [2.45, 2.75) is 46.2 Å². The smallest absolute Gasteiger partial charge is 0.131 e. The zero-order valence-corrected chi connectivity index (χ0v) is 13.2. The second-order valence-electron chi connectivity index (χ2n) is 5.90. The van der Waals surface area contributed by atoms with Gasteiger partial charge >= 0.3 is 0 Å². The van der Waals surface area contributed by atoms with Gasteiger partial charge in [-0.25, -0.2) is 0 Å². The summed E-state index contributed by atoms with van der Waals surface area (Å²) in [5, 5.41) is 17.7. The highest BCUT2D eigenvalue weighted by Gasteiger charge is 2.34. The van der Waals surface area contributed by atoms with E-state index in [9.17, 15) is 5.11 Å². The van der Waals surface area contributed by atoms with E-state index in [0.29, 0.717) is 5.92 Å². The Morgan fingerprint density at radius 1 is 1.45 bits per heavy atom. The van der Waals surface area contributed by atoms with Crippen LogP contribution in [0, 0.1) is 12.8 Å². The molecule has 1 aromatic heterocycles. The number of rotatable bonds is 6. The monoisotopic (exact) mass is 280 g/mol. The van der Waals surface area contributed by atoms with Crippen LogP contribution in [0.2, 0.25) is 0 Å². The van der Waals surface area contributed by atoms with Crippen LogP contribution in [0.5, 0.6) is 0 Å². The SMILES string of the molecule is CCCNCc1c(C)nn(C)c1N1CCC(C)C1CO. The average Bonchev–Trinajstić information content (AvgIpc) is 2.90. The van der Waals surface area contributed by atoms with Crippen LogP contribution in [0.15, 0.2) is 0 Å². The van der Waals surface area contributed by atoms with Gasteiger partial charge in [0.15, 0.2) is 0 Å². The molecule has 1 aliphatic heterocycles. The summed E-state index contributed by atoms with van der Waals surface area (Å²) in [6.45, 7) is 9.56. The normalized spacial score (nSPS) is 22.8. The van der Waals surface area contributed by atoms with E-state index in [2.05, 4.69) is 36.1 Å². The Labute approximate surface area is 122 Å². The maximum atomic E-state index is 9.68. The Hall–Kier alpha value is -1.07. The van der Waals surface area contributed by atoms with Gasteiger partial charge in [0.2, 0.25) is 0 Å². The molecule has 5 nitrogen and oxygen atoms in total. The summed E-state index contributed by atoms with van der Waals surface area (Å²) < 4.78 is 1.97. The fourth-order valence-corrected chi connectivity index (χ4v) is 3.20. The number of anilines is 1. The first-order chi connectivity index (χ1) is 9.60. The summed E-state index contributed by atoms with van der Waals surface area (Å²) in [5.74, 6) is 1.71. The molecule has 1 saturated heterocycles. The number of aliphatic hydroxyl groups is 1. The van der Waals surface area contributed by atoms with Crippen LogP contribution in [0.4, 0.5) is 5.82 Å². The van der Waals surface area contributed by atoms with Gasteiger partial charge in [-0.15, -0.1) is 0 Å². The van der Waals surface area contributed by atoms with E-state index in [-0.39, 0.29) is 12.6 Å². The van der Waals surface area contributed by atoms with Gasteiger partial charge in [-0.3, -0.25) is 4.68 Å². The second kappa shape index (κ2) is 6.59. The number of aryl methyl sites for hydroxylation is 2. The largest absolute Gasteiger partial charge is 0.394 e. The van der Waals surface area contributed by atoms with Crippen LogP contribution in [-0.2, 0) is 13.6 Å². The molecule has 5 heteroatoms. The number of nitrogens with one attached hydrogen (secondary N) is 1. The van der Waals surface area contributed by atoms with Gasteiger partial charge < -0.3 is 15.3 Å². The average molecular weight is 280 g/mol. The van der Waals surface area contributed by atoms with Crippen LogP contribution in [0.3, 0.4) is 0 Å². The molecule has 20 heavy (non-hydrogen) atoms. The van der Waals surface area contributed by atoms with Crippen molar-refractivity contribution in [2.75, 3.05) is 24.6 Å². The van der Waals surface area contributed by atoms with Crippen LogP contribution in [0.1, 0.15) is 37.9 Å². The summed E-state index contributed by atoms with van der Waals surface area (Å²) >= 11 is 0. The first-order valence-electron chi connectivity index (χ1n) is 7.70. The van der Waals surface area contributed by atoms with Gasteiger partial charge in [-0.05, 0) is 32.2 Å². The van der Waals surface area contributed by atoms with Gasteiger partial charge in [0.05, 0.1) is 18.3 Å². The lowest BCUT2D eigenvalue weighted by molar-refractivity contribution is 0.244. The van der Waals surface area contributed by atoms with Gasteiger partial charge in [-0.2, -0.15) is 5.10 Å². The minimum absolute atomic E-state index is 0.215. The highest BCUT2D eigenvalue weighted by atomic mass is 16.3. The van der Waals surface area contributed by atoms with E-state index in [4.69, 9.17) is 0 Å². The van der Waals surface area contributed by atoms with E-state index in [1.54, 1.807) is 0 Å². The molecule has 0 radical (unpaired) electrons. The Kier molecular flexibility index (Phi) is 5.05. The van der Waals surface area contributed by atoms with E-state index < -0.39 is 0 Å². The number of nitrogens with zero attached hydrogens (tertiary/aromatic N) is 3. The minimum Gasteiger partial charge on any atom is -0.394 e. The van der Waals surface area contributed by atoms with Gasteiger partial charge in [0.25, 0.3) is 0 Å². The highest BCUT2D eigenvalue weighted by Crippen LogP contribution is 2.32. The molecule has 2 rings (SSSR count). The van der Waals surface area contributed by atoms with Crippen molar-refractivity contribution in [3.05, 3.63) is 11.3 Å². The summed E-state index contributed by atoms with van der Waals surface area (Å²) in [4.78, 5) is 2.34. The molecule has 2 heterocycles. The van der Waals surface area contributed by atoms with Crippen molar-refractivity contribution in [3.63, 3.8) is 0 Å². The zero-order valence-electron chi connectivity index (χ0n) is 13.2. The molecule has 114 valence electrons. The lowest BCUT2D eigenvalue weighted by atomic mass is 10.0. The molecule has 0 spiro atoms. The summed E-state index contributed by atoms with van der Waals surface area (Å²) in [6.07, 6.45) is 2.27. The van der Waals surface area contributed by atoms with Crippen LogP contribution < -0.4 is 10.2 Å². The quantitative estimate of drug-likeness (QED) is 0.774. The molecule has 0 amide bonds. The van der Waals surface area contributed by atoms with Gasteiger partial charge in [-0.1, -0.05) is 13.8 Å². The molecule has 2 atom stereocenters. The van der Waals surface area contributed by atoms with Crippen LogP contribution >= 0.6 is 0 Å². The third-order valence-corrected chi connectivity index (χ3v) is 4.38. The maximum absolute atomic E-state index is 9.68. The molecule has 0 aromatic carbocycles. The van der Waals surface area contributed by atoms with Crippen molar-refractivity contribution >= 4 is 5.82 Å². The molecule has 0 saturated carbocycles. The lowest BCUT2D eigenvalue weighted by Crippen LogP contribution is -2.37. The number of aliphatic hydroxyl groups excluding tert-OH is 1. The van der Waals surface area contributed by atoms with Crippen LogP contribution in [0.25, 0.3) is 0 Å². The van der Waals surface area contributed by atoms with Crippen molar-refractivity contribution in [1.29, 1.82) is 0 Å². The summed E-state index contributed by atoms with van der Waals surface area (Å²) in [7, 11) is 2.00. The van der Waals surface area contributed by atoms with E-state index in [1.807, 2.05) is 11.7 Å². The molecule has 2 unspecified atom stereocenters. The van der Waals surface area contributed by atoms with Crippen LogP contribution in [-0.4, -0.2) is 40.6 Å². The molecule has 0 bridgehead atoms. The zero-order chi connectivity index (χ0) is 14.7. The summed E-state index contributed by atoms with van der Waals surface area (Å²) in [6, 6.07) is 0.217. The van der Waals surface area contributed by atoms with Crippen molar-refractivity contribution in [2.24, 2.45) is 13.0 Å². The second-order valence-corrected chi connectivity index (χ2v) is 5.90. The van der Waals surface area contributed by atoms with E-state index >= 15 is 0 Å². The van der Waals surface area contributed by atoms with Crippen molar-refractivity contribution < 1.29 is 5.11 Å². The first-order valence-corrected chi connectivity index (χ1v) is 7.70. The van der Waals surface area contributed by atoms with Gasteiger partial charge in [0, 0.05) is 25.7 Å². The Morgan fingerprint density at radius 2 is 2.20 bits per heavy atom. The first kappa shape index (κ1) is 15.3. The van der Waals surface area contributed by atoms with Gasteiger partial charge in [0.1, 0.15) is 5.82 Å². The fraction of sp³-hybridized carbons (Fsp3) is 0.800. The predicted octanol–water partition coefficient (Wildman–Crippen LogP) is 1.44. The molecule has 1 aromatic rings. The molecule has 1 fully saturated rings. The Morgan fingerprint density at radius 3 is 2.85 bits per heavy atom. The standard InChI is InChI=1S/C15H28N4O/c1-5-7-16-9-13-12(3)17-18(4)15(13)19-8-6-11(2)14(19)10-20/h11,14,16,20H,5-10H2,1-4H3. The number of aromatic nitrogens is 2. The topological polar surface area (TPSA) is 53.3 Å². The minimum atomic E-state index is 0.215. The summed E-state index contributed by atoms with van der Waals surface area (Å²) in [5.41, 5.74) is 2.36. The Balaban J connectivity index is 2.26. The third kappa shape index (κ3) is 2.83. The highest BCUT2D eigenvalue weighted by molar-refractivity contribution is 5.52.